The molecule has 0 aliphatic carbocycles. The van der Waals surface area contributed by atoms with Gasteiger partial charge in [0.25, 0.3) is 5.91 Å². The van der Waals surface area contributed by atoms with Crippen LogP contribution >= 0.6 is 0 Å². The Morgan fingerprint density at radius 2 is 1.53 bits per heavy atom. The molecule has 8 heteroatoms. The van der Waals surface area contributed by atoms with Gasteiger partial charge in [0.15, 0.2) is 11.5 Å². The number of piperazine rings is 1. The molecule has 0 radical (unpaired) electrons. The van der Waals surface area contributed by atoms with Crippen LogP contribution < -0.4 is 14.2 Å². The van der Waals surface area contributed by atoms with E-state index < -0.39 is 0 Å². The summed E-state index contributed by atoms with van der Waals surface area (Å²) in [7, 11) is 4.65. The van der Waals surface area contributed by atoms with Crippen LogP contribution in [0.2, 0.25) is 0 Å². The average molecular weight is 437 g/mol. The van der Waals surface area contributed by atoms with Crippen molar-refractivity contribution in [3.63, 3.8) is 0 Å². The smallest absolute Gasteiger partial charge is 0.270 e. The van der Waals surface area contributed by atoms with E-state index >= 15 is 0 Å². The van der Waals surface area contributed by atoms with Crippen LogP contribution in [0, 0.1) is 0 Å². The summed E-state index contributed by atoms with van der Waals surface area (Å²) in [4.78, 5) is 32.5. The number of hydrogen-bond acceptors (Lipinski definition) is 5. The van der Waals surface area contributed by atoms with Crippen molar-refractivity contribution in [1.82, 2.24) is 14.8 Å². The van der Waals surface area contributed by atoms with E-state index in [2.05, 4.69) is 4.98 Å². The quantitative estimate of drug-likeness (QED) is 0.641. The van der Waals surface area contributed by atoms with E-state index in [1.54, 1.807) is 38.4 Å². The number of rotatable bonds is 6. The van der Waals surface area contributed by atoms with Crippen LogP contribution in [0.4, 0.5) is 0 Å². The molecule has 1 saturated heterocycles. The molecule has 1 fully saturated rings. The number of aromatic nitrogens is 1. The van der Waals surface area contributed by atoms with Crippen LogP contribution in [0.1, 0.15) is 16.1 Å². The Hall–Kier alpha value is -3.68. The third-order valence-electron chi connectivity index (χ3n) is 5.77. The lowest BCUT2D eigenvalue weighted by Gasteiger charge is -2.34. The summed E-state index contributed by atoms with van der Waals surface area (Å²) in [6, 6.07) is 13.3. The van der Waals surface area contributed by atoms with Gasteiger partial charge in [0.05, 0.1) is 33.3 Å². The third-order valence-corrected chi connectivity index (χ3v) is 5.77. The maximum Gasteiger partial charge on any atom is 0.270 e. The lowest BCUT2D eigenvalue weighted by atomic mass is 10.1. The second-order valence-corrected chi connectivity index (χ2v) is 7.62. The molecule has 0 bridgehead atoms. The number of amides is 2. The first-order valence-electron chi connectivity index (χ1n) is 10.5. The molecule has 4 rings (SSSR count). The van der Waals surface area contributed by atoms with Crippen molar-refractivity contribution >= 4 is 22.7 Å². The normalized spacial score (nSPS) is 13.8. The lowest BCUT2D eigenvalue weighted by molar-refractivity contribution is -0.131. The summed E-state index contributed by atoms with van der Waals surface area (Å²) in [6.07, 6.45) is 0.375. The van der Waals surface area contributed by atoms with Gasteiger partial charge in [-0.05, 0) is 11.6 Å². The van der Waals surface area contributed by atoms with Gasteiger partial charge in [0.2, 0.25) is 11.7 Å². The molecule has 1 aromatic heterocycles. The van der Waals surface area contributed by atoms with Crippen LogP contribution in [0.15, 0.2) is 42.5 Å². The summed E-state index contributed by atoms with van der Waals surface area (Å²) in [6.45, 7) is 2.00. The third kappa shape index (κ3) is 4.08. The Morgan fingerprint density at radius 1 is 0.875 bits per heavy atom. The predicted molar refractivity (Wildman–Crippen MR) is 121 cm³/mol. The number of methoxy groups -OCH3 is 3. The zero-order chi connectivity index (χ0) is 22.7. The van der Waals surface area contributed by atoms with Gasteiger partial charge in [-0.3, -0.25) is 9.59 Å². The Labute approximate surface area is 186 Å². The van der Waals surface area contributed by atoms with Crippen molar-refractivity contribution in [3.8, 4) is 17.2 Å². The fraction of sp³-hybridized carbons (Fsp3) is 0.333. The number of benzene rings is 2. The number of ether oxygens (including phenoxy) is 3. The number of H-pyrrole nitrogens is 1. The highest BCUT2D eigenvalue weighted by Crippen LogP contribution is 2.43. The van der Waals surface area contributed by atoms with Crippen LogP contribution in [0.5, 0.6) is 17.2 Å². The first-order chi connectivity index (χ1) is 15.5. The topological polar surface area (TPSA) is 84.1 Å². The maximum atomic E-state index is 13.1. The monoisotopic (exact) mass is 437 g/mol. The maximum absolute atomic E-state index is 13.1. The molecule has 0 spiro atoms. The molecule has 32 heavy (non-hydrogen) atoms. The Kier molecular flexibility index (Phi) is 6.20. The predicted octanol–water partition coefficient (Wildman–Crippen LogP) is 2.72. The molecule has 2 aromatic carbocycles. The van der Waals surface area contributed by atoms with Crippen molar-refractivity contribution in [2.45, 2.75) is 6.42 Å². The summed E-state index contributed by atoms with van der Waals surface area (Å²) in [5.41, 5.74) is 2.17. The molecule has 168 valence electrons. The SMILES string of the molecule is COc1cc2[nH]c(C(=O)N3CCN(C(=O)Cc4ccccc4)CC3)cc2c(OC)c1OC. The molecule has 1 aliphatic rings. The molecular formula is C24H27N3O5. The van der Waals surface area contributed by atoms with Gasteiger partial charge in [-0.2, -0.15) is 0 Å². The van der Waals surface area contributed by atoms with Crippen molar-refractivity contribution in [2.24, 2.45) is 0 Å². The number of aromatic amines is 1. The standard InChI is InChI=1S/C24H27N3O5/c1-30-20-15-18-17(22(31-2)23(20)32-3)14-19(25-18)24(29)27-11-9-26(10-12-27)21(28)13-16-7-5-4-6-8-16/h4-8,14-15,25H,9-13H2,1-3H3. The number of nitrogens with zero attached hydrogens (tertiary/aromatic N) is 2. The summed E-state index contributed by atoms with van der Waals surface area (Å²) in [5, 5.41) is 0.741. The van der Waals surface area contributed by atoms with Gasteiger partial charge in [-0.1, -0.05) is 30.3 Å². The van der Waals surface area contributed by atoms with Crippen molar-refractivity contribution in [3.05, 3.63) is 53.7 Å². The first kappa shape index (κ1) is 21.5. The fourth-order valence-corrected chi connectivity index (χ4v) is 4.08. The number of hydrogen-bond donors (Lipinski definition) is 1. The second kappa shape index (κ2) is 9.21. The number of carbonyl (C=O) groups is 2. The fourth-order valence-electron chi connectivity index (χ4n) is 4.08. The zero-order valence-corrected chi connectivity index (χ0v) is 18.5. The minimum atomic E-state index is -0.114. The molecule has 3 aromatic rings. The minimum Gasteiger partial charge on any atom is -0.493 e. The largest absolute Gasteiger partial charge is 0.493 e. The van der Waals surface area contributed by atoms with Gasteiger partial charge in [0, 0.05) is 37.6 Å². The molecule has 0 saturated carbocycles. The van der Waals surface area contributed by atoms with Crippen molar-refractivity contribution < 1.29 is 23.8 Å². The number of carbonyl (C=O) groups excluding carboxylic acids is 2. The Morgan fingerprint density at radius 3 is 2.16 bits per heavy atom. The first-order valence-corrected chi connectivity index (χ1v) is 10.5. The van der Waals surface area contributed by atoms with Gasteiger partial charge >= 0.3 is 0 Å². The van der Waals surface area contributed by atoms with Crippen LogP contribution in [0.25, 0.3) is 10.9 Å². The molecular weight excluding hydrogens is 410 g/mol. The summed E-state index contributed by atoms with van der Waals surface area (Å²) >= 11 is 0. The van der Waals surface area contributed by atoms with E-state index in [-0.39, 0.29) is 11.8 Å². The van der Waals surface area contributed by atoms with Gasteiger partial charge in [0.1, 0.15) is 5.69 Å². The summed E-state index contributed by atoms with van der Waals surface area (Å²) in [5.74, 6) is 1.47. The molecule has 0 atom stereocenters. The number of nitrogens with one attached hydrogen (secondary N) is 1. The molecule has 1 N–H and O–H groups in total. The Bertz CT molecular complexity index is 1120. The second-order valence-electron chi connectivity index (χ2n) is 7.62. The summed E-state index contributed by atoms with van der Waals surface area (Å²) < 4.78 is 16.4. The molecule has 0 unspecified atom stereocenters. The average Bonchev–Trinajstić information content (AvgIpc) is 3.26. The minimum absolute atomic E-state index is 0.0813. The van der Waals surface area contributed by atoms with Gasteiger partial charge in [-0.25, -0.2) is 0 Å². The molecule has 1 aliphatic heterocycles. The van der Waals surface area contributed by atoms with E-state index in [1.807, 2.05) is 35.2 Å². The molecule has 8 nitrogen and oxygen atoms in total. The van der Waals surface area contributed by atoms with Gasteiger partial charge < -0.3 is 29.0 Å². The van der Waals surface area contributed by atoms with E-state index in [4.69, 9.17) is 14.2 Å². The van der Waals surface area contributed by atoms with Crippen molar-refractivity contribution in [1.29, 1.82) is 0 Å². The van der Waals surface area contributed by atoms with E-state index in [0.717, 1.165) is 16.5 Å². The van der Waals surface area contributed by atoms with Crippen LogP contribution in [-0.2, 0) is 11.2 Å². The van der Waals surface area contributed by atoms with Gasteiger partial charge in [-0.15, -0.1) is 0 Å². The van der Waals surface area contributed by atoms with E-state index in [0.29, 0.717) is 55.5 Å². The van der Waals surface area contributed by atoms with Crippen molar-refractivity contribution in [2.75, 3.05) is 47.5 Å². The lowest BCUT2D eigenvalue weighted by Crippen LogP contribution is -2.51. The highest BCUT2D eigenvalue weighted by atomic mass is 16.5. The Balaban J connectivity index is 1.46. The number of fused-ring (bicyclic) bond motifs is 1. The van der Waals surface area contributed by atoms with E-state index in [9.17, 15) is 9.59 Å². The molecule has 2 heterocycles. The molecule has 2 amide bonds. The van der Waals surface area contributed by atoms with Crippen LogP contribution in [-0.4, -0.2) is 74.1 Å². The van der Waals surface area contributed by atoms with Crippen LogP contribution in [0.3, 0.4) is 0 Å². The van der Waals surface area contributed by atoms with E-state index in [1.165, 1.54) is 0 Å². The zero-order valence-electron chi connectivity index (χ0n) is 18.5. The highest BCUT2D eigenvalue weighted by Gasteiger charge is 2.27. The highest BCUT2D eigenvalue weighted by molar-refractivity contribution is 6.01.